The molecule has 0 rings (SSSR count). The first-order chi connectivity index (χ1) is 4.42. The van der Waals surface area contributed by atoms with Crippen LogP contribution in [0.5, 0.6) is 0 Å². The number of likely N-dealkylation sites (N-methyl/N-ethyl adjacent to an activating group) is 1. The molecular formula is C4H13NO4P+. The normalized spacial score (nSPS) is 12.5. The smallest absolute Gasteiger partial charge is 0.338 e. The largest absolute Gasteiger partial charge is 0.469 e. The summed E-state index contributed by atoms with van der Waals surface area (Å²) in [5.74, 6) is 0. The lowest BCUT2D eigenvalue weighted by Gasteiger charge is -2.07. The van der Waals surface area contributed by atoms with Gasteiger partial charge in [-0.15, -0.1) is 0 Å². The van der Waals surface area contributed by atoms with E-state index >= 15 is 0 Å². The molecule has 0 unspecified atom stereocenters. The van der Waals surface area contributed by atoms with Crippen LogP contribution in [0.4, 0.5) is 0 Å². The Hall–Kier alpha value is 0.0700. The van der Waals surface area contributed by atoms with Crippen molar-refractivity contribution < 1.29 is 23.8 Å². The second-order valence-corrected chi connectivity index (χ2v) is 3.52. The summed E-state index contributed by atoms with van der Waals surface area (Å²) in [7, 11) is -0.479. The maximum absolute atomic E-state index is 10.1. The molecular weight excluding hydrogens is 157 g/mol. The topological polar surface area (TPSA) is 71.2 Å². The molecule has 0 aromatic heterocycles. The Morgan fingerprint density at radius 1 is 1.50 bits per heavy atom. The maximum atomic E-state index is 10.1. The predicted octanol–water partition coefficient (Wildman–Crippen LogP) is -1.76. The Bertz CT molecular complexity index is 131. The molecule has 0 aliphatic heterocycles. The summed E-state index contributed by atoms with van der Waals surface area (Å²) < 4.78 is 14.3. The number of rotatable bonds is 4. The minimum atomic E-state index is -4.24. The monoisotopic (exact) mass is 170 g/mol. The number of phosphoric ester groups is 1. The van der Waals surface area contributed by atoms with Crippen molar-refractivity contribution in [3.8, 4) is 0 Å². The fourth-order valence-corrected chi connectivity index (χ4v) is 0.698. The summed E-state index contributed by atoms with van der Waals surface area (Å²) in [6, 6.07) is 0. The van der Waals surface area contributed by atoms with Crippen molar-refractivity contribution in [3.63, 3.8) is 0 Å². The van der Waals surface area contributed by atoms with Gasteiger partial charge in [0.2, 0.25) is 0 Å². The minimum Gasteiger partial charge on any atom is -0.338 e. The van der Waals surface area contributed by atoms with Crippen molar-refractivity contribution >= 4 is 7.82 Å². The van der Waals surface area contributed by atoms with E-state index in [2.05, 4.69) is 4.52 Å². The molecule has 6 heteroatoms. The van der Waals surface area contributed by atoms with Crippen LogP contribution in [0.1, 0.15) is 0 Å². The molecule has 62 valence electrons. The highest BCUT2D eigenvalue weighted by atomic mass is 31.2. The zero-order valence-electron chi connectivity index (χ0n) is 6.07. The summed E-state index contributed by atoms with van der Waals surface area (Å²) in [6.07, 6.45) is 0. The van der Waals surface area contributed by atoms with Gasteiger partial charge in [-0.05, 0) is 0 Å². The summed E-state index contributed by atoms with van der Waals surface area (Å²) in [5, 5.41) is 0. The number of hydrogen-bond acceptors (Lipinski definition) is 2. The molecule has 0 heterocycles. The van der Waals surface area contributed by atoms with Gasteiger partial charge in [-0.2, -0.15) is 0 Å². The van der Waals surface area contributed by atoms with Crippen LogP contribution in [0.3, 0.4) is 0 Å². The number of nitrogens with one attached hydrogen (secondary N) is 1. The van der Waals surface area contributed by atoms with E-state index in [1.165, 1.54) is 0 Å². The van der Waals surface area contributed by atoms with Crippen LogP contribution >= 0.6 is 7.82 Å². The highest BCUT2D eigenvalue weighted by Crippen LogP contribution is 2.34. The lowest BCUT2D eigenvalue weighted by atomic mass is 10.6. The highest BCUT2D eigenvalue weighted by molar-refractivity contribution is 7.46. The van der Waals surface area contributed by atoms with Crippen LogP contribution in [0.2, 0.25) is 0 Å². The average Bonchev–Trinajstić information content (AvgIpc) is 1.59. The van der Waals surface area contributed by atoms with E-state index in [9.17, 15) is 4.57 Å². The zero-order chi connectivity index (χ0) is 8.20. The Kier molecular flexibility index (Phi) is 4.08. The molecule has 0 aliphatic carbocycles. The first kappa shape index (κ1) is 10.1. The maximum Gasteiger partial charge on any atom is 0.469 e. The first-order valence-electron chi connectivity index (χ1n) is 2.91. The summed E-state index contributed by atoms with van der Waals surface area (Å²) in [5.41, 5.74) is 0. The molecule has 0 aliphatic rings. The third-order valence-corrected chi connectivity index (χ3v) is 1.38. The van der Waals surface area contributed by atoms with Gasteiger partial charge in [-0.1, -0.05) is 0 Å². The Morgan fingerprint density at radius 3 is 2.30 bits per heavy atom. The minimum absolute atomic E-state index is 0.0899. The van der Waals surface area contributed by atoms with E-state index in [1.54, 1.807) is 0 Å². The van der Waals surface area contributed by atoms with Crippen molar-refractivity contribution in [2.24, 2.45) is 0 Å². The SMILES string of the molecule is C[NH+](C)CCOP(=O)(O)O. The van der Waals surface area contributed by atoms with Gasteiger partial charge >= 0.3 is 7.82 Å². The summed E-state index contributed by atoms with van der Waals surface area (Å²) in [4.78, 5) is 17.5. The summed E-state index contributed by atoms with van der Waals surface area (Å²) >= 11 is 0. The van der Waals surface area contributed by atoms with Crippen LogP contribution in [0.15, 0.2) is 0 Å². The van der Waals surface area contributed by atoms with Gasteiger partial charge in [0, 0.05) is 0 Å². The molecule has 0 aromatic carbocycles. The molecule has 0 amide bonds. The van der Waals surface area contributed by atoms with E-state index < -0.39 is 7.82 Å². The Balaban J connectivity index is 3.30. The standard InChI is InChI=1S/C4H12NO4P/c1-5(2)3-4-9-10(6,7)8/h3-4H2,1-2H3,(H2,6,7,8)/p+1. The van der Waals surface area contributed by atoms with Crippen LogP contribution < -0.4 is 4.90 Å². The van der Waals surface area contributed by atoms with Gasteiger partial charge < -0.3 is 14.7 Å². The second kappa shape index (κ2) is 4.05. The van der Waals surface area contributed by atoms with Crippen molar-refractivity contribution in [2.75, 3.05) is 27.2 Å². The third-order valence-electron chi connectivity index (χ3n) is 0.862. The third kappa shape index (κ3) is 8.07. The number of hydrogen-bond donors (Lipinski definition) is 3. The van der Waals surface area contributed by atoms with Crippen molar-refractivity contribution in [3.05, 3.63) is 0 Å². The van der Waals surface area contributed by atoms with Gasteiger partial charge in [0.1, 0.15) is 13.2 Å². The molecule has 0 aromatic rings. The van der Waals surface area contributed by atoms with E-state index in [-0.39, 0.29) is 6.61 Å². The van der Waals surface area contributed by atoms with Gasteiger partial charge in [-0.3, -0.25) is 4.52 Å². The Morgan fingerprint density at radius 2 is 2.00 bits per heavy atom. The molecule has 0 saturated heterocycles. The highest BCUT2D eigenvalue weighted by Gasteiger charge is 2.13. The number of phosphoric acid groups is 1. The summed E-state index contributed by atoms with van der Waals surface area (Å²) in [6.45, 7) is 0.678. The van der Waals surface area contributed by atoms with E-state index in [1.807, 2.05) is 14.1 Å². The molecule has 0 radical (unpaired) electrons. The van der Waals surface area contributed by atoms with E-state index in [0.717, 1.165) is 4.90 Å². The van der Waals surface area contributed by atoms with Gasteiger partial charge in [0.15, 0.2) is 0 Å². The molecule has 0 spiro atoms. The van der Waals surface area contributed by atoms with Crippen LogP contribution in [0.25, 0.3) is 0 Å². The van der Waals surface area contributed by atoms with Crippen LogP contribution in [-0.2, 0) is 9.09 Å². The first-order valence-corrected chi connectivity index (χ1v) is 4.44. The fourth-order valence-electron chi connectivity index (χ4n) is 0.369. The number of quaternary nitrogens is 1. The molecule has 5 nitrogen and oxygen atoms in total. The van der Waals surface area contributed by atoms with Crippen molar-refractivity contribution in [2.45, 2.75) is 0 Å². The van der Waals surface area contributed by atoms with Crippen molar-refractivity contribution in [1.82, 2.24) is 0 Å². The Labute approximate surface area is 59.8 Å². The average molecular weight is 170 g/mol. The van der Waals surface area contributed by atoms with E-state index in [4.69, 9.17) is 9.79 Å². The molecule has 0 bridgehead atoms. The van der Waals surface area contributed by atoms with E-state index in [0.29, 0.717) is 6.54 Å². The zero-order valence-corrected chi connectivity index (χ0v) is 6.97. The van der Waals surface area contributed by atoms with Gasteiger partial charge in [0.25, 0.3) is 0 Å². The molecule has 0 atom stereocenters. The van der Waals surface area contributed by atoms with Gasteiger partial charge in [0.05, 0.1) is 14.1 Å². The fraction of sp³-hybridized carbons (Fsp3) is 1.00. The lowest BCUT2D eigenvalue weighted by molar-refractivity contribution is -0.858. The molecule has 10 heavy (non-hydrogen) atoms. The lowest BCUT2D eigenvalue weighted by Crippen LogP contribution is -3.06. The predicted molar refractivity (Wildman–Crippen MR) is 35.7 cm³/mol. The van der Waals surface area contributed by atoms with Crippen LogP contribution in [-0.4, -0.2) is 37.0 Å². The second-order valence-electron chi connectivity index (χ2n) is 2.28. The van der Waals surface area contributed by atoms with Gasteiger partial charge in [-0.25, -0.2) is 4.57 Å². The molecule has 0 fully saturated rings. The quantitative estimate of drug-likeness (QED) is 0.437. The molecule has 0 saturated carbocycles. The van der Waals surface area contributed by atoms with Crippen molar-refractivity contribution in [1.29, 1.82) is 0 Å². The van der Waals surface area contributed by atoms with Crippen LogP contribution in [0, 0.1) is 0 Å². The molecule has 3 N–H and O–H groups in total.